The van der Waals surface area contributed by atoms with Crippen molar-refractivity contribution in [1.29, 1.82) is 0 Å². The van der Waals surface area contributed by atoms with E-state index in [-0.39, 0.29) is 5.91 Å². The fourth-order valence-corrected chi connectivity index (χ4v) is 5.21. The Morgan fingerprint density at radius 3 is 2.75 bits per heavy atom. The zero-order valence-electron chi connectivity index (χ0n) is 18.3. The molecule has 0 radical (unpaired) electrons. The van der Waals surface area contributed by atoms with Gasteiger partial charge in [-0.2, -0.15) is 0 Å². The summed E-state index contributed by atoms with van der Waals surface area (Å²) in [6.07, 6.45) is 3.51. The number of benzene rings is 2. The molecule has 0 N–H and O–H groups in total. The number of aromatic nitrogens is 2. The number of para-hydroxylation sites is 1. The lowest BCUT2D eigenvalue weighted by Crippen LogP contribution is -2.30. The van der Waals surface area contributed by atoms with Gasteiger partial charge in [0.25, 0.3) is 5.91 Å². The van der Waals surface area contributed by atoms with Crippen LogP contribution in [0.25, 0.3) is 10.2 Å². The summed E-state index contributed by atoms with van der Waals surface area (Å²) in [6.45, 7) is 7.19. The second kappa shape index (κ2) is 10.1. The molecule has 0 bridgehead atoms. The molecule has 4 rings (SSSR count). The molecule has 0 saturated heterocycles. The van der Waals surface area contributed by atoms with Gasteiger partial charge in [0, 0.05) is 28.1 Å². The number of thiazole rings is 1. The third-order valence-electron chi connectivity index (χ3n) is 4.66. The van der Waals surface area contributed by atoms with Crippen LogP contribution < -0.4 is 9.64 Å². The van der Waals surface area contributed by atoms with E-state index >= 15 is 0 Å². The number of pyridine rings is 1. The summed E-state index contributed by atoms with van der Waals surface area (Å²) >= 11 is 3.23. The second-order valence-electron chi connectivity index (χ2n) is 7.48. The highest BCUT2D eigenvalue weighted by Gasteiger charge is 2.23. The Morgan fingerprint density at radius 1 is 1.16 bits per heavy atom. The Balaban J connectivity index is 1.75. The van der Waals surface area contributed by atoms with Gasteiger partial charge in [0.15, 0.2) is 5.13 Å². The first-order valence-electron chi connectivity index (χ1n) is 10.5. The zero-order chi connectivity index (χ0) is 22.5. The van der Waals surface area contributed by atoms with Crippen molar-refractivity contribution in [3.8, 4) is 5.75 Å². The van der Waals surface area contributed by atoms with E-state index in [2.05, 4.69) is 18.8 Å². The van der Waals surface area contributed by atoms with Gasteiger partial charge < -0.3 is 4.74 Å². The number of anilines is 1. The fraction of sp³-hybridized carbons (Fsp3) is 0.240. The highest BCUT2D eigenvalue weighted by molar-refractivity contribution is 7.99. The molecule has 0 fully saturated rings. The van der Waals surface area contributed by atoms with Crippen LogP contribution in [0.5, 0.6) is 5.75 Å². The Labute approximate surface area is 196 Å². The standard InChI is InChI=1S/C25H25N3O2S2/c1-4-30-21-11-6-12-22-23(21)27-25(32-22)28(16-18-8-7-13-26-15-18)24(29)19-9-5-10-20(14-19)31-17(2)3/h5-15,17H,4,16H2,1-3H3. The number of ether oxygens (including phenoxy) is 1. The highest BCUT2D eigenvalue weighted by Crippen LogP contribution is 2.35. The maximum absolute atomic E-state index is 13.7. The lowest BCUT2D eigenvalue weighted by atomic mass is 10.2. The summed E-state index contributed by atoms with van der Waals surface area (Å²) in [5.74, 6) is 0.647. The highest BCUT2D eigenvalue weighted by atomic mass is 32.2. The van der Waals surface area contributed by atoms with Crippen LogP contribution in [0, 0.1) is 0 Å². The van der Waals surface area contributed by atoms with Crippen LogP contribution in [0.15, 0.2) is 71.9 Å². The molecule has 164 valence electrons. The molecule has 0 atom stereocenters. The SMILES string of the molecule is CCOc1cccc2sc(N(Cc3cccnc3)C(=O)c3cccc(SC(C)C)c3)nc12. The van der Waals surface area contributed by atoms with Crippen LogP contribution in [0.4, 0.5) is 5.13 Å². The van der Waals surface area contributed by atoms with Crippen molar-refractivity contribution in [3.05, 3.63) is 78.1 Å². The maximum Gasteiger partial charge on any atom is 0.260 e. The van der Waals surface area contributed by atoms with Crippen LogP contribution >= 0.6 is 23.1 Å². The molecular weight excluding hydrogens is 438 g/mol. The minimum atomic E-state index is -0.0860. The maximum atomic E-state index is 13.7. The first-order valence-corrected chi connectivity index (χ1v) is 12.2. The fourth-order valence-electron chi connectivity index (χ4n) is 3.33. The number of carbonyl (C=O) groups excluding carboxylic acids is 1. The molecule has 2 aromatic heterocycles. The van der Waals surface area contributed by atoms with Crippen LogP contribution in [0.1, 0.15) is 36.7 Å². The molecule has 0 spiro atoms. The van der Waals surface area contributed by atoms with Gasteiger partial charge in [-0.05, 0) is 48.9 Å². The topological polar surface area (TPSA) is 55.3 Å². The lowest BCUT2D eigenvalue weighted by molar-refractivity contribution is 0.0985. The molecular formula is C25H25N3O2S2. The van der Waals surface area contributed by atoms with E-state index in [4.69, 9.17) is 9.72 Å². The first-order chi connectivity index (χ1) is 15.5. The van der Waals surface area contributed by atoms with Gasteiger partial charge in [0.05, 0.1) is 17.9 Å². The zero-order valence-corrected chi connectivity index (χ0v) is 20.0. The van der Waals surface area contributed by atoms with E-state index in [1.165, 1.54) is 11.3 Å². The van der Waals surface area contributed by atoms with Gasteiger partial charge in [-0.1, -0.05) is 43.4 Å². The summed E-state index contributed by atoms with van der Waals surface area (Å²) in [4.78, 5) is 25.5. The van der Waals surface area contributed by atoms with Gasteiger partial charge in [0.1, 0.15) is 11.3 Å². The van der Waals surface area contributed by atoms with E-state index in [1.54, 1.807) is 29.1 Å². The Kier molecular flexibility index (Phi) is 7.07. The molecule has 1 amide bonds. The number of amides is 1. The van der Waals surface area contributed by atoms with E-state index in [0.29, 0.717) is 29.1 Å². The van der Waals surface area contributed by atoms with Crippen molar-refractivity contribution in [2.24, 2.45) is 0 Å². The smallest absolute Gasteiger partial charge is 0.260 e. The van der Waals surface area contributed by atoms with Gasteiger partial charge in [-0.25, -0.2) is 4.98 Å². The van der Waals surface area contributed by atoms with Crippen molar-refractivity contribution in [2.75, 3.05) is 11.5 Å². The largest absolute Gasteiger partial charge is 0.492 e. The Morgan fingerprint density at radius 2 is 2.00 bits per heavy atom. The van der Waals surface area contributed by atoms with Crippen molar-refractivity contribution in [3.63, 3.8) is 0 Å². The molecule has 4 aromatic rings. The minimum Gasteiger partial charge on any atom is -0.492 e. The van der Waals surface area contributed by atoms with Gasteiger partial charge >= 0.3 is 0 Å². The van der Waals surface area contributed by atoms with Crippen LogP contribution in [0.3, 0.4) is 0 Å². The quantitative estimate of drug-likeness (QED) is 0.282. The number of hydrogen-bond donors (Lipinski definition) is 0. The number of thioether (sulfide) groups is 1. The van der Waals surface area contributed by atoms with E-state index in [0.717, 1.165) is 26.4 Å². The number of rotatable bonds is 8. The number of carbonyl (C=O) groups is 1. The van der Waals surface area contributed by atoms with Crippen LogP contribution in [-0.4, -0.2) is 27.7 Å². The monoisotopic (exact) mass is 463 g/mol. The minimum absolute atomic E-state index is 0.0860. The first kappa shape index (κ1) is 22.3. The second-order valence-corrected chi connectivity index (χ2v) is 10.1. The molecule has 0 aliphatic rings. The number of hydrogen-bond acceptors (Lipinski definition) is 6. The van der Waals surface area contributed by atoms with Crippen molar-refractivity contribution in [2.45, 2.75) is 37.5 Å². The summed E-state index contributed by atoms with van der Waals surface area (Å²) < 4.78 is 6.74. The summed E-state index contributed by atoms with van der Waals surface area (Å²) in [7, 11) is 0. The average molecular weight is 464 g/mol. The Bertz CT molecular complexity index is 1210. The molecule has 0 aliphatic carbocycles. The normalized spacial score (nSPS) is 11.1. The van der Waals surface area contributed by atoms with Crippen LogP contribution in [0.2, 0.25) is 0 Å². The molecule has 0 aliphatic heterocycles. The molecule has 2 heterocycles. The number of nitrogens with zero attached hydrogens (tertiary/aromatic N) is 3. The lowest BCUT2D eigenvalue weighted by Gasteiger charge is -2.20. The summed E-state index contributed by atoms with van der Waals surface area (Å²) in [5, 5.41) is 1.08. The van der Waals surface area contributed by atoms with Gasteiger partial charge in [0.2, 0.25) is 0 Å². The molecule has 32 heavy (non-hydrogen) atoms. The van der Waals surface area contributed by atoms with Crippen molar-refractivity contribution < 1.29 is 9.53 Å². The third kappa shape index (κ3) is 5.11. The Hall–Kier alpha value is -2.90. The van der Waals surface area contributed by atoms with Crippen LogP contribution in [-0.2, 0) is 6.54 Å². The van der Waals surface area contributed by atoms with E-state index in [1.807, 2.05) is 61.5 Å². The molecule has 0 saturated carbocycles. The predicted octanol–water partition coefficient (Wildman–Crippen LogP) is 6.44. The molecule has 2 aromatic carbocycles. The average Bonchev–Trinajstić information content (AvgIpc) is 3.23. The molecule has 0 unspecified atom stereocenters. The predicted molar refractivity (Wildman–Crippen MR) is 133 cm³/mol. The summed E-state index contributed by atoms with van der Waals surface area (Å²) in [6, 6.07) is 17.5. The molecule has 7 heteroatoms. The van der Waals surface area contributed by atoms with Gasteiger partial charge in [-0.3, -0.25) is 14.7 Å². The van der Waals surface area contributed by atoms with Crippen molar-refractivity contribution >= 4 is 44.4 Å². The van der Waals surface area contributed by atoms with Crippen molar-refractivity contribution in [1.82, 2.24) is 9.97 Å². The van der Waals surface area contributed by atoms with Gasteiger partial charge in [-0.15, -0.1) is 11.8 Å². The molecule has 5 nitrogen and oxygen atoms in total. The third-order valence-corrected chi connectivity index (χ3v) is 6.70. The number of fused-ring (bicyclic) bond motifs is 1. The van der Waals surface area contributed by atoms with E-state index < -0.39 is 0 Å². The summed E-state index contributed by atoms with van der Waals surface area (Å²) in [5.41, 5.74) is 2.36. The van der Waals surface area contributed by atoms with E-state index in [9.17, 15) is 4.79 Å².